The van der Waals surface area contributed by atoms with E-state index in [9.17, 15) is 4.39 Å². The summed E-state index contributed by atoms with van der Waals surface area (Å²) in [4.78, 5) is 0. The largest absolute Gasteiger partial charge is 0.485 e. The van der Waals surface area contributed by atoms with E-state index in [1.54, 1.807) is 42.2 Å². The first-order valence-corrected chi connectivity index (χ1v) is 6.70. The van der Waals surface area contributed by atoms with Crippen LogP contribution < -0.4 is 10.1 Å². The van der Waals surface area contributed by atoms with Crippen LogP contribution in [0.5, 0.6) is 5.75 Å². The van der Waals surface area contributed by atoms with Gasteiger partial charge in [-0.3, -0.25) is 4.68 Å². The summed E-state index contributed by atoms with van der Waals surface area (Å²) in [6, 6.07) is 10.4. The first-order valence-electron chi connectivity index (χ1n) is 6.70. The number of hydrogen-bond donors (Lipinski definition) is 1. The lowest BCUT2D eigenvalue weighted by molar-refractivity contribution is 0.296. The molecule has 118 valence electrons. The highest BCUT2D eigenvalue weighted by molar-refractivity contribution is 5.64. The molecular weight excluding hydrogens is 311 g/mol. The molecule has 0 fully saturated rings. The van der Waals surface area contributed by atoms with Gasteiger partial charge in [-0.05, 0) is 18.2 Å². The van der Waals surface area contributed by atoms with Crippen LogP contribution in [0.4, 0.5) is 10.1 Å². The van der Waals surface area contributed by atoms with Gasteiger partial charge in [-0.15, -0.1) is 0 Å². The summed E-state index contributed by atoms with van der Waals surface area (Å²) in [6.07, 6.45) is 1.62. The van der Waals surface area contributed by atoms with Crippen molar-refractivity contribution in [3.8, 4) is 24.0 Å². The molecule has 0 spiro atoms. The summed E-state index contributed by atoms with van der Waals surface area (Å²) in [5.74, 6) is -0.293. The van der Waals surface area contributed by atoms with Crippen LogP contribution in [0.25, 0.3) is 0 Å². The average Bonchev–Trinajstić information content (AvgIpc) is 2.99. The molecule has 0 unspecified atom stereocenters. The number of nitrogens with one attached hydrogen (secondary N) is 1. The lowest BCUT2D eigenvalue weighted by Gasteiger charge is -2.13. The number of nitrogens with zero attached hydrogens (tertiary/aromatic N) is 5. The SMILES string of the molecule is Cn1nccc1COc1ccc(F)cc1NC(C#N)=C(C#N)C#N. The monoisotopic (exact) mass is 322 g/mol. The second-order valence-electron chi connectivity index (χ2n) is 4.59. The van der Waals surface area contributed by atoms with Gasteiger partial charge in [0, 0.05) is 19.3 Å². The quantitative estimate of drug-likeness (QED) is 0.846. The number of aromatic nitrogens is 2. The molecule has 1 heterocycles. The van der Waals surface area contributed by atoms with E-state index in [-0.39, 0.29) is 23.7 Å². The number of ether oxygens (including phenoxy) is 1. The number of rotatable bonds is 5. The summed E-state index contributed by atoms with van der Waals surface area (Å²) in [6.45, 7) is 0.172. The van der Waals surface area contributed by atoms with Gasteiger partial charge in [0.05, 0.1) is 11.4 Å². The summed E-state index contributed by atoms with van der Waals surface area (Å²) in [5.41, 5.74) is 0.239. The van der Waals surface area contributed by atoms with Gasteiger partial charge in [0.1, 0.15) is 42.1 Å². The summed E-state index contributed by atoms with van der Waals surface area (Å²) in [5, 5.41) is 33.4. The molecule has 24 heavy (non-hydrogen) atoms. The number of hydrogen-bond acceptors (Lipinski definition) is 6. The van der Waals surface area contributed by atoms with Crippen LogP contribution >= 0.6 is 0 Å². The van der Waals surface area contributed by atoms with E-state index in [0.717, 1.165) is 11.8 Å². The minimum atomic E-state index is -0.557. The molecular formula is C16H11FN6O. The van der Waals surface area contributed by atoms with Crippen LogP contribution in [-0.4, -0.2) is 9.78 Å². The van der Waals surface area contributed by atoms with Gasteiger partial charge >= 0.3 is 0 Å². The highest BCUT2D eigenvalue weighted by atomic mass is 19.1. The fourth-order valence-corrected chi connectivity index (χ4v) is 1.84. The van der Waals surface area contributed by atoms with Gasteiger partial charge in [0.25, 0.3) is 0 Å². The molecule has 7 nitrogen and oxygen atoms in total. The summed E-state index contributed by atoms with van der Waals surface area (Å²) >= 11 is 0. The first kappa shape index (κ1) is 16.5. The third-order valence-electron chi connectivity index (χ3n) is 3.08. The Morgan fingerprint density at radius 2 is 2.00 bits per heavy atom. The van der Waals surface area contributed by atoms with Crippen LogP contribution in [0.2, 0.25) is 0 Å². The van der Waals surface area contributed by atoms with Crippen molar-refractivity contribution in [1.29, 1.82) is 15.8 Å². The lowest BCUT2D eigenvalue weighted by Crippen LogP contribution is -2.06. The number of anilines is 1. The fraction of sp³-hybridized carbons (Fsp3) is 0.125. The molecule has 0 saturated carbocycles. The Morgan fingerprint density at radius 1 is 1.25 bits per heavy atom. The highest BCUT2D eigenvalue weighted by Crippen LogP contribution is 2.28. The van der Waals surface area contributed by atoms with Gasteiger partial charge in [-0.1, -0.05) is 0 Å². The van der Waals surface area contributed by atoms with Crippen LogP contribution in [0.3, 0.4) is 0 Å². The Hall–Kier alpha value is -3.83. The minimum Gasteiger partial charge on any atom is -0.485 e. The fourth-order valence-electron chi connectivity index (χ4n) is 1.84. The molecule has 0 saturated heterocycles. The predicted octanol–water partition coefficient (Wildman–Crippen LogP) is 2.37. The Labute approximate surface area is 137 Å². The van der Waals surface area contributed by atoms with Crippen LogP contribution in [-0.2, 0) is 13.7 Å². The van der Waals surface area contributed by atoms with Gasteiger partial charge in [-0.25, -0.2) is 4.39 Å². The summed E-state index contributed by atoms with van der Waals surface area (Å²) < 4.78 is 20.8. The molecule has 1 N–H and O–H groups in total. The molecule has 0 aliphatic heterocycles. The third kappa shape index (κ3) is 3.68. The zero-order valence-electron chi connectivity index (χ0n) is 12.6. The van der Waals surface area contributed by atoms with E-state index in [1.165, 1.54) is 12.1 Å². The molecule has 0 aliphatic rings. The zero-order chi connectivity index (χ0) is 17.5. The van der Waals surface area contributed by atoms with Crippen molar-refractivity contribution in [1.82, 2.24) is 9.78 Å². The normalized spacial score (nSPS) is 9.29. The Kier molecular flexibility index (Phi) is 5.13. The number of allylic oxidation sites excluding steroid dienone is 2. The standard InChI is InChI=1S/C16H11FN6O/c1-23-13(4-5-21-23)10-24-16-3-2-12(17)6-14(16)22-15(9-20)11(7-18)8-19/h2-6,22H,10H2,1H3. The molecule has 0 atom stereocenters. The average molecular weight is 322 g/mol. The van der Waals surface area contributed by atoms with Crippen LogP contribution in [0, 0.1) is 39.8 Å². The van der Waals surface area contributed by atoms with Crippen LogP contribution in [0.15, 0.2) is 41.7 Å². The van der Waals surface area contributed by atoms with E-state index in [4.69, 9.17) is 20.5 Å². The van der Waals surface area contributed by atoms with E-state index in [2.05, 4.69) is 10.4 Å². The number of benzene rings is 1. The minimum absolute atomic E-state index is 0.136. The second-order valence-corrected chi connectivity index (χ2v) is 4.59. The maximum atomic E-state index is 13.5. The lowest BCUT2D eigenvalue weighted by atomic mass is 10.2. The second kappa shape index (κ2) is 7.44. The van der Waals surface area contributed by atoms with E-state index < -0.39 is 11.4 Å². The Balaban J connectivity index is 2.30. The Morgan fingerprint density at radius 3 is 2.58 bits per heavy atom. The van der Waals surface area contributed by atoms with Crippen molar-refractivity contribution < 1.29 is 9.13 Å². The van der Waals surface area contributed by atoms with Crippen molar-refractivity contribution in [2.24, 2.45) is 7.05 Å². The van der Waals surface area contributed by atoms with Crippen molar-refractivity contribution in [2.75, 3.05) is 5.32 Å². The molecule has 0 aliphatic carbocycles. The smallest absolute Gasteiger partial charge is 0.163 e. The number of nitriles is 3. The van der Waals surface area contributed by atoms with Crippen molar-refractivity contribution in [2.45, 2.75) is 6.61 Å². The molecule has 2 rings (SSSR count). The molecule has 0 bridgehead atoms. The first-order chi connectivity index (χ1) is 11.6. The van der Waals surface area contributed by atoms with Crippen molar-refractivity contribution in [3.05, 3.63) is 53.2 Å². The maximum Gasteiger partial charge on any atom is 0.163 e. The molecule has 1 aromatic carbocycles. The van der Waals surface area contributed by atoms with E-state index in [1.807, 2.05) is 0 Å². The Bertz CT molecular complexity index is 894. The highest BCUT2D eigenvalue weighted by Gasteiger charge is 2.12. The molecule has 1 aromatic heterocycles. The number of aryl methyl sites for hydroxylation is 1. The third-order valence-corrected chi connectivity index (χ3v) is 3.08. The molecule has 2 aromatic rings. The van der Waals surface area contributed by atoms with Crippen LogP contribution in [0.1, 0.15) is 5.69 Å². The maximum absolute atomic E-state index is 13.5. The van der Waals surface area contributed by atoms with Crippen molar-refractivity contribution in [3.63, 3.8) is 0 Å². The van der Waals surface area contributed by atoms with Crippen molar-refractivity contribution >= 4 is 5.69 Å². The predicted molar refractivity (Wildman–Crippen MR) is 81.4 cm³/mol. The van der Waals surface area contributed by atoms with Gasteiger partial charge in [0.2, 0.25) is 0 Å². The summed E-state index contributed by atoms with van der Waals surface area (Å²) in [7, 11) is 1.76. The van der Waals surface area contributed by atoms with E-state index >= 15 is 0 Å². The van der Waals surface area contributed by atoms with Gasteiger partial charge in [0.15, 0.2) is 5.57 Å². The molecule has 0 amide bonds. The molecule has 8 heteroatoms. The zero-order valence-corrected chi connectivity index (χ0v) is 12.6. The van der Waals surface area contributed by atoms with Gasteiger partial charge < -0.3 is 10.1 Å². The molecule has 0 radical (unpaired) electrons. The van der Waals surface area contributed by atoms with Gasteiger partial charge in [-0.2, -0.15) is 20.9 Å². The van der Waals surface area contributed by atoms with E-state index in [0.29, 0.717) is 0 Å². The topological polar surface area (TPSA) is 110 Å². The number of halogens is 1.